The Kier molecular flexibility index (Phi) is 4.45. The number of isocyanates is 2. The van der Waals surface area contributed by atoms with Crippen LogP contribution in [0.5, 0.6) is 0 Å². The second kappa shape index (κ2) is 6.08. The van der Waals surface area contributed by atoms with Gasteiger partial charge in [-0.2, -0.15) is 9.98 Å². The van der Waals surface area contributed by atoms with Crippen molar-refractivity contribution < 1.29 is 14.4 Å². The van der Waals surface area contributed by atoms with Crippen LogP contribution in [0.1, 0.15) is 5.56 Å². The lowest BCUT2D eigenvalue weighted by Crippen LogP contribution is -1.97. The number of allylic oxidation sites excluding steroid dienone is 1. The molecule has 0 aliphatic heterocycles. The highest BCUT2D eigenvalue weighted by Crippen LogP contribution is 2.25. The second-order valence-electron chi connectivity index (χ2n) is 3.07. The predicted octanol–water partition coefficient (Wildman–Crippen LogP) is 1.92. The number of carbonyl (C=O) groups is 1. The molecular formula is C12H8N2O3. The van der Waals surface area contributed by atoms with Gasteiger partial charge in [-0.15, -0.1) is 0 Å². The Labute approximate surface area is 97.2 Å². The largest absolute Gasteiger partial charge is 0.295 e. The third-order valence-corrected chi connectivity index (χ3v) is 2.00. The van der Waals surface area contributed by atoms with Crippen LogP contribution in [0.2, 0.25) is 0 Å². The molecule has 0 aliphatic rings. The Balaban J connectivity index is 3.20. The number of rotatable bonds is 5. The van der Waals surface area contributed by atoms with Crippen molar-refractivity contribution >= 4 is 29.3 Å². The summed E-state index contributed by atoms with van der Waals surface area (Å²) in [5, 5.41) is 0. The number of benzene rings is 1. The Morgan fingerprint density at radius 3 is 2.59 bits per heavy atom. The third-order valence-electron chi connectivity index (χ3n) is 2.00. The molecule has 0 N–H and O–H groups in total. The van der Waals surface area contributed by atoms with Gasteiger partial charge in [0, 0.05) is 6.42 Å². The zero-order chi connectivity index (χ0) is 12.7. The van der Waals surface area contributed by atoms with Crippen LogP contribution in [0.3, 0.4) is 0 Å². The number of aliphatic imine (C=N–C) groups is 2. The van der Waals surface area contributed by atoms with Crippen LogP contribution in [0.25, 0.3) is 0 Å². The molecule has 17 heavy (non-hydrogen) atoms. The van der Waals surface area contributed by atoms with Crippen molar-refractivity contribution in [3.8, 4) is 0 Å². The first-order chi connectivity index (χ1) is 8.21. The molecule has 5 nitrogen and oxygen atoms in total. The van der Waals surface area contributed by atoms with Gasteiger partial charge in [0.25, 0.3) is 0 Å². The molecule has 5 heteroatoms. The van der Waals surface area contributed by atoms with E-state index in [2.05, 4.69) is 16.6 Å². The van der Waals surface area contributed by atoms with Gasteiger partial charge in [0.15, 0.2) is 5.78 Å². The SMILES string of the molecule is C=CC(=O)Cc1ccc(N=C=O)cc1N=C=O. The highest BCUT2D eigenvalue weighted by Gasteiger charge is 2.06. The maximum atomic E-state index is 11.2. The van der Waals surface area contributed by atoms with Gasteiger partial charge in [-0.25, -0.2) is 9.59 Å². The number of hydrogen-bond acceptors (Lipinski definition) is 5. The average molecular weight is 228 g/mol. The molecule has 0 radical (unpaired) electrons. The molecule has 0 saturated heterocycles. The Bertz CT molecular complexity index is 551. The van der Waals surface area contributed by atoms with Crippen molar-refractivity contribution in [2.45, 2.75) is 6.42 Å². The number of nitrogens with zero attached hydrogens (tertiary/aromatic N) is 2. The van der Waals surface area contributed by atoms with Gasteiger partial charge in [0.05, 0.1) is 11.4 Å². The summed E-state index contributed by atoms with van der Waals surface area (Å²) in [6, 6.07) is 4.50. The van der Waals surface area contributed by atoms with E-state index >= 15 is 0 Å². The van der Waals surface area contributed by atoms with E-state index in [-0.39, 0.29) is 17.9 Å². The summed E-state index contributed by atoms with van der Waals surface area (Å²) in [5.41, 5.74) is 1.11. The zero-order valence-corrected chi connectivity index (χ0v) is 8.84. The molecule has 0 aliphatic carbocycles. The number of hydrogen-bond donors (Lipinski definition) is 0. The zero-order valence-electron chi connectivity index (χ0n) is 8.84. The van der Waals surface area contributed by atoms with Crippen molar-refractivity contribution in [3.05, 3.63) is 36.4 Å². The van der Waals surface area contributed by atoms with E-state index in [4.69, 9.17) is 0 Å². The van der Waals surface area contributed by atoms with E-state index in [1.807, 2.05) is 0 Å². The van der Waals surface area contributed by atoms with Crippen molar-refractivity contribution in [1.29, 1.82) is 0 Å². The van der Waals surface area contributed by atoms with E-state index in [1.165, 1.54) is 30.4 Å². The first-order valence-corrected chi connectivity index (χ1v) is 4.65. The fourth-order valence-electron chi connectivity index (χ4n) is 1.24. The molecule has 0 spiro atoms. The van der Waals surface area contributed by atoms with E-state index in [9.17, 15) is 14.4 Å². The molecule has 0 atom stereocenters. The van der Waals surface area contributed by atoms with Gasteiger partial charge in [0.1, 0.15) is 0 Å². The summed E-state index contributed by atoms with van der Waals surface area (Å²) in [7, 11) is 0. The smallest absolute Gasteiger partial charge is 0.240 e. The van der Waals surface area contributed by atoms with E-state index in [0.29, 0.717) is 11.3 Å². The molecule has 1 aromatic rings. The standard InChI is InChI=1S/C12H8N2O3/c1-2-11(17)5-9-3-4-10(13-7-15)6-12(9)14-8-16/h2-4,6H,1,5H2. The first-order valence-electron chi connectivity index (χ1n) is 4.65. The summed E-state index contributed by atoms with van der Waals surface area (Å²) < 4.78 is 0. The molecule has 1 aromatic carbocycles. The van der Waals surface area contributed by atoms with Gasteiger partial charge >= 0.3 is 0 Å². The lowest BCUT2D eigenvalue weighted by molar-refractivity contribution is -0.114. The molecule has 0 aromatic heterocycles. The van der Waals surface area contributed by atoms with Crippen molar-refractivity contribution in [2.24, 2.45) is 9.98 Å². The van der Waals surface area contributed by atoms with Crippen LogP contribution in [0.15, 0.2) is 40.8 Å². The van der Waals surface area contributed by atoms with Crippen LogP contribution in [-0.4, -0.2) is 17.9 Å². The van der Waals surface area contributed by atoms with E-state index in [0.717, 1.165) is 0 Å². The Morgan fingerprint density at radius 1 is 1.29 bits per heavy atom. The summed E-state index contributed by atoms with van der Waals surface area (Å²) in [6.07, 6.45) is 4.02. The number of ketones is 1. The Hall–Kier alpha value is -2.61. The fourth-order valence-corrected chi connectivity index (χ4v) is 1.24. The maximum Gasteiger partial charge on any atom is 0.240 e. The van der Waals surface area contributed by atoms with E-state index < -0.39 is 0 Å². The van der Waals surface area contributed by atoms with Crippen molar-refractivity contribution in [3.63, 3.8) is 0 Å². The minimum atomic E-state index is -0.195. The molecule has 0 amide bonds. The van der Waals surface area contributed by atoms with Crippen LogP contribution in [0, 0.1) is 0 Å². The normalized spacial score (nSPS) is 8.71. The summed E-state index contributed by atoms with van der Waals surface area (Å²) in [5.74, 6) is -0.195. The van der Waals surface area contributed by atoms with Crippen LogP contribution < -0.4 is 0 Å². The lowest BCUT2D eigenvalue weighted by Gasteiger charge is -2.02. The molecule has 0 unspecified atom stereocenters. The topological polar surface area (TPSA) is 75.9 Å². The fraction of sp³-hybridized carbons (Fsp3) is 0.0833. The van der Waals surface area contributed by atoms with Crippen molar-refractivity contribution in [1.82, 2.24) is 0 Å². The Morgan fingerprint density at radius 2 is 2.00 bits per heavy atom. The highest BCUT2D eigenvalue weighted by atomic mass is 16.1. The molecule has 0 saturated carbocycles. The second-order valence-corrected chi connectivity index (χ2v) is 3.07. The minimum Gasteiger partial charge on any atom is -0.295 e. The van der Waals surface area contributed by atoms with Crippen molar-refractivity contribution in [2.75, 3.05) is 0 Å². The van der Waals surface area contributed by atoms with Gasteiger partial charge in [-0.3, -0.25) is 4.79 Å². The predicted molar refractivity (Wildman–Crippen MR) is 60.9 cm³/mol. The van der Waals surface area contributed by atoms with Gasteiger partial charge in [0.2, 0.25) is 12.2 Å². The average Bonchev–Trinajstić information content (AvgIpc) is 2.33. The lowest BCUT2D eigenvalue weighted by atomic mass is 10.1. The number of carbonyl (C=O) groups excluding carboxylic acids is 3. The summed E-state index contributed by atoms with van der Waals surface area (Å²) in [6.45, 7) is 3.35. The highest BCUT2D eigenvalue weighted by molar-refractivity contribution is 5.91. The summed E-state index contributed by atoms with van der Waals surface area (Å²) >= 11 is 0. The van der Waals surface area contributed by atoms with Crippen LogP contribution in [-0.2, 0) is 20.8 Å². The van der Waals surface area contributed by atoms with Gasteiger partial charge in [-0.05, 0) is 23.8 Å². The van der Waals surface area contributed by atoms with Gasteiger partial charge in [-0.1, -0.05) is 12.6 Å². The monoisotopic (exact) mass is 228 g/mol. The molecule has 0 fully saturated rings. The molecule has 0 bridgehead atoms. The molecule has 0 heterocycles. The molecule has 1 rings (SSSR count). The maximum absolute atomic E-state index is 11.2. The summed E-state index contributed by atoms with van der Waals surface area (Å²) in [4.78, 5) is 38.4. The first kappa shape index (κ1) is 12.5. The quantitative estimate of drug-likeness (QED) is 0.439. The molecular weight excluding hydrogens is 220 g/mol. The molecule has 84 valence electrons. The minimum absolute atomic E-state index is 0.0785. The van der Waals surface area contributed by atoms with Gasteiger partial charge < -0.3 is 0 Å². The van der Waals surface area contributed by atoms with Crippen LogP contribution >= 0.6 is 0 Å². The van der Waals surface area contributed by atoms with Crippen LogP contribution in [0.4, 0.5) is 11.4 Å². The third kappa shape index (κ3) is 3.47. The van der Waals surface area contributed by atoms with E-state index in [1.54, 1.807) is 6.07 Å².